The van der Waals surface area contributed by atoms with E-state index in [2.05, 4.69) is 29.8 Å². The quantitative estimate of drug-likeness (QED) is 0.383. The Hall–Kier alpha value is -3.49. The van der Waals surface area contributed by atoms with Crippen LogP contribution >= 0.6 is 0 Å². The Bertz CT molecular complexity index is 1390. The van der Waals surface area contributed by atoms with Crippen LogP contribution in [0.25, 0.3) is 11.1 Å². The second kappa shape index (κ2) is 10.6. The number of aliphatic carboxylic acids is 1. The van der Waals surface area contributed by atoms with Gasteiger partial charge >= 0.3 is 5.97 Å². The molecule has 2 aliphatic heterocycles. The normalized spacial score (nSPS) is 19.8. The first-order valence-corrected chi connectivity index (χ1v) is 13.4. The summed E-state index contributed by atoms with van der Waals surface area (Å²) in [5.74, 6) is -1.39. The first kappa shape index (κ1) is 27.1. The van der Waals surface area contributed by atoms with Crippen molar-refractivity contribution in [2.24, 2.45) is 5.92 Å². The number of hydrogen-bond acceptors (Lipinski definition) is 6. The molecule has 7 nitrogen and oxygen atoms in total. The Kier molecular flexibility index (Phi) is 7.35. The smallest absolute Gasteiger partial charge is 0.309 e. The van der Waals surface area contributed by atoms with Crippen molar-refractivity contribution in [2.75, 3.05) is 13.7 Å². The fourth-order valence-corrected chi connectivity index (χ4v) is 5.39. The SMILES string of the molecule is COc1cc(-c2ccc([C@@H]3CCc4ccc([C@H](O)[C@H](C)C(=O)O)cc4O3)cc2CN2CCC2(C)C)c(F)cn1. The number of carboxylic acids is 1. The molecule has 2 N–H and O–H groups in total. The molecule has 0 amide bonds. The molecular formula is C31H35FN2O5. The molecule has 39 heavy (non-hydrogen) atoms. The van der Waals surface area contributed by atoms with Gasteiger partial charge in [-0.2, -0.15) is 0 Å². The summed E-state index contributed by atoms with van der Waals surface area (Å²) in [7, 11) is 1.52. The molecule has 0 saturated carbocycles. The lowest BCUT2D eigenvalue weighted by Gasteiger charge is -2.49. The second-order valence-electron chi connectivity index (χ2n) is 11.2. The number of aliphatic hydroxyl groups excluding tert-OH is 1. The number of nitrogens with zero attached hydrogens (tertiary/aromatic N) is 2. The van der Waals surface area contributed by atoms with Gasteiger partial charge in [-0.05, 0) is 73.9 Å². The highest BCUT2D eigenvalue weighted by Crippen LogP contribution is 2.40. The third kappa shape index (κ3) is 5.36. The third-order valence-electron chi connectivity index (χ3n) is 8.28. The second-order valence-corrected chi connectivity index (χ2v) is 11.2. The van der Waals surface area contributed by atoms with E-state index in [1.807, 2.05) is 18.2 Å². The first-order valence-electron chi connectivity index (χ1n) is 13.4. The minimum atomic E-state index is -1.13. The van der Waals surface area contributed by atoms with Crippen molar-refractivity contribution in [3.8, 4) is 22.8 Å². The Morgan fingerprint density at radius 3 is 2.69 bits per heavy atom. The van der Waals surface area contributed by atoms with Crippen LogP contribution in [0.3, 0.4) is 0 Å². The number of halogens is 1. The van der Waals surface area contributed by atoms with Crippen LogP contribution in [0.15, 0.2) is 48.7 Å². The molecule has 1 saturated heterocycles. The van der Waals surface area contributed by atoms with Crippen molar-refractivity contribution in [2.45, 2.75) is 64.3 Å². The number of ether oxygens (including phenoxy) is 2. The predicted molar refractivity (Wildman–Crippen MR) is 145 cm³/mol. The number of aliphatic hydroxyl groups is 1. The maximum absolute atomic E-state index is 15.0. The zero-order valence-electron chi connectivity index (χ0n) is 22.8. The van der Waals surface area contributed by atoms with Gasteiger partial charge in [0.25, 0.3) is 0 Å². The summed E-state index contributed by atoms with van der Waals surface area (Å²) in [6.07, 6.45) is 2.50. The number of aryl methyl sites for hydroxylation is 1. The average molecular weight is 535 g/mol. The molecule has 3 heterocycles. The van der Waals surface area contributed by atoms with E-state index in [0.717, 1.165) is 48.1 Å². The summed E-state index contributed by atoms with van der Waals surface area (Å²) in [6.45, 7) is 7.57. The number of carbonyl (C=O) groups is 1. The molecule has 0 unspecified atom stereocenters. The Balaban J connectivity index is 1.48. The largest absolute Gasteiger partial charge is 0.485 e. The lowest BCUT2D eigenvalue weighted by atomic mass is 9.86. The van der Waals surface area contributed by atoms with E-state index in [-0.39, 0.29) is 11.6 Å². The molecular weight excluding hydrogens is 499 g/mol. The van der Waals surface area contributed by atoms with Crippen LogP contribution in [-0.2, 0) is 17.8 Å². The number of methoxy groups -OCH3 is 1. The van der Waals surface area contributed by atoms with E-state index in [0.29, 0.717) is 29.3 Å². The van der Waals surface area contributed by atoms with Crippen molar-refractivity contribution < 1.29 is 28.9 Å². The molecule has 206 valence electrons. The molecule has 2 aliphatic rings. The molecule has 0 bridgehead atoms. The van der Waals surface area contributed by atoms with E-state index in [1.54, 1.807) is 18.2 Å². The number of fused-ring (bicyclic) bond motifs is 1. The predicted octanol–water partition coefficient (Wildman–Crippen LogP) is 5.70. The standard InChI is InChI=1S/C31H35FN2O5/c1-18(30(36)37)29(35)21-6-5-19-8-10-26(39-27(19)14-21)20-7-9-23(24-15-28(38-4)33-16-25(24)32)22(13-20)17-34-12-11-31(34,2)3/h5-7,9,13-16,18,26,29,35H,8,10-12,17H2,1-4H3,(H,36,37)/t18-,26-,29+/m0/s1. The van der Waals surface area contributed by atoms with Gasteiger partial charge in [0.2, 0.25) is 5.88 Å². The van der Waals surface area contributed by atoms with Gasteiger partial charge in [0.1, 0.15) is 17.7 Å². The van der Waals surface area contributed by atoms with E-state index in [9.17, 15) is 19.4 Å². The van der Waals surface area contributed by atoms with Crippen LogP contribution in [0.1, 0.15) is 68.1 Å². The molecule has 3 atom stereocenters. The van der Waals surface area contributed by atoms with Crippen LogP contribution < -0.4 is 9.47 Å². The Labute approximate surface area is 228 Å². The number of pyridine rings is 1. The number of hydrogen-bond donors (Lipinski definition) is 2. The lowest BCUT2D eigenvalue weighted by molar-refractivity contribution is -0.145. The monoisotopic (exact) mass is 534 g/mol. The highest BCUT2D eigenvalue weighted by atomic mass is 19.1. The highest BCUT2D eigenvalue weighted by molar-refractivity contribution is 5.71. The van der Waals surface area contributed by atoms with E-state index in [4.69, 9.17) is 9.47 Å². The summed E-state index contributed by atoms with van der Waals surface area (Å²) >= 11 is 0. The Morgan fingerprint density at radius 2 is 2.03 bits per heavy atom. The molecule has 3 aromatic rings. The molecule has 8 heteroatoms. The van der Waals surface area contributed by atoms with E-state index < -0.39 is 23.8 Å². The summed E-state index contributed by atoms with van der Waals surface area (Å²) in [5, 5.41) is 19.9. The summed E-state index contributed by atoms with van der Waals surface area (Å²) in [4.78, 5) is 17.8. The zero-order valence-corrected chi connectivity index (χ0v) is 22.8. The number of carboxylic acid groups (broad SMARTS) is 1. The number of benzene rings is 2. The van der Waals surface area contributed by atoms with Gasteiger partial charge in [-0.3, -0.25) is 9.69 Å². The zero-order chi connectivity index (χ0) is 27.9. The Morgan fingerprint density at radius 1 is 1.23 bits per heavy atom. The van der Waals surface area contributed by atoms with Crippen molar-refractivity contribution >= 4 is 5.97 Å². The number of likely N-dealkylation sites (tertiary alicyclic amines) is 1. The maximum atomic E-state index is 15.0. The fourth-order valence-electron chi connectivity index (χ4n) is 5.39. The molecule has 0 spiro atoms. The van der Waals surface area contributed by atoms with Crippen molar-refractivity contribution in [3.63, 3.8) is 0 Å². The van der Waals surface area contributed by atoms with Crippen LogP contribution in [0.2, 0.25) is 0 Å². The highest BCUT2D eigenvalue weighted by Gasteiger charge is 2.36. The molecule has 0 aliphatic carbocycles. The third-order valence-corrected chi connectivity index (χ3v) is 8.28. The number of aromatic nitrogens is 1. The lowest BCUT2D eigenvalue weighted by Crippen LogP contribution is -2.54. The maximum Gasteiger partial charge on any atom is 0.309 e. The van der Waals surface area contributed by atoms with Gasteiger partial charge in [-0.1, -0.05) is 30.3 Å². The van der Waals surface area contributed by atoms with Crippen molar-refractivity contribution in [1.29, 1.82) is 0 Å². The number of rotatable bonds is 8. The average Bonchev–Trinajstić information content (AvgIpc) is 2.94. The summed E-state index contributed by atoms with van der Waals surface area (Å²) < 4.78 is 26.7. The minimum Gasteiger partial charge on any atom is -0.485 e. The van der Waals surface area contributed by atoms with Gasteiger partial charge in [-0.15, -0.1) is 0 Å². The van der Waals surface area contributed by atoms with Crippen LogP contribution in [0, 0.1) is 11.7 Å². The summed E-state index contributed by atoms with van der Waals surface area (Å²) in [5.41, 5.74) is 4.85. The van der Waals surface area contributed by atoms with Crippen LogP contribution in [0.5, 0.6) is 11.6 Å². The fraction of sp³-hybridized carbons (Fsp3) is 0.419. The molecule has 2 aromatic carbocycles. The minimum absolute atomic E-state index is 0.0758. The van der Waals surface area contributed by atoms with Crippen LogP contribution in [0.4, 0.5) is 4.39 Å². The molecule has 5 rings (SSSR count). The molecule has 1 aromatic heterocycles. The molecule has 0 radical (unpaired) electrons. The van der Waals surface area contributed by atoms with E-state index in [1.165, 1.54) is 20.2 Å². The van der Waals surface area contributed by atoms with Gasteiger partial charge in [0.05, 0.1) is 25.3 Å². The summed E-state index contributed by atoms with van der Waals surface area (Å²) in [6, 6.07) is 13.1. The van der Waals surface area contributed by atoms with Gasteiger partial charge in [-0.25, -0.2) is 9.37 Å². The van der Waals surface area contributed by atoms with Gasteiger partial charge < -0.3 is 19.7 Å². The van der Waals surface area contributed by atoms with Crippen molar-refractivity contribution in [3.05, 3.63) is 76.7 Å². The molecule has 1 fully saturated rings. The van der Waals surface area contributed by atoms with Crippen molar-refractivity contribution in [1.82, 2.24) is 9.88 Å². The first-order chi connectivity index (χ1) is 18.6. The van der Waals surface area contributed by atoms with Crippen LogP contribution in [-0.4, -0.2) is 45.3 Å². The topological polar surface area (TPSA) is 92.1 Å². The van der Waals surface area contributed by atoms with Gasteiger partial charge in [0, 0.05) is 30.3 Å². The van der Waals surface area contributed by atoms with Gasteiger partial charge in [0.15, 0.2) is 0 Å². The van der Waals surface area contributed by atoms with E-state index >= 15 is 0 Å².